The topological polar surface area (TPSA) is 80.8 Å². The van der Waals surface area contributed by atoms with Crippen LogP contribution in [0.25, 0.3) is 0 Å². The van der Waals surface area contributed by atoms with E-state index in [1.165, 1.54) is 18.2 Å². The van der Waals surface area contributed by atoms with Gasteiger partial charge in [-0.25, -0.2) is 9.69 Å². The fraction of sp³-hybridized carbons (Fsp3) is 0.0667. The molecular formula is C30H19Cl2NO5. The summed E-state index contributed by atoms with van der Waals surface area (Å²) in [6, 6.07) is 23.9. The van der Waals surface area contributed by atoms with Crippen molar-refractivity contribution < 1.29 is 23.9 Å². The second kappa shape index (κ2) is 10.2. The number of Topliss-reactive ketones (excluding diaryl/α,β-unsaturated/α-hetero) is 1. The van der Waals surface area contributed by atoms with Crippen molar-refractivity contribution in [3.05, 3.63) is 134 Å². The Morgan fingerprint density at radius 3 is 2.16 bits per heavy atom. The van der Waals surface area contributed by atoms with Crippen molar-refractivity contribution >= 4 is 52.5 Å². The molecule has 188 valence electrons. The Morgan fingerprint density at radius 1 is 0.763 bits per heavy atom. The van der Waals surface area contributed by atoms with E-state index in [0.29, 0.717) is 32.4 Å². The van der Waals surface area contributed by atoms with Crippen molar-refractivity contribution in [2.45, 2.75) is 13.0 Å². The molecule has 8 heteroatoms. The van der Waals surface area contributed by atoms with Crippen LogP contribution in [0.4, 0.5) is 5.69 Å². The summed E-state index contributed by atoms with van der Waals surface area (Å²) in [5.41, 5.74) is 1.97. The summed E-state index contributed by atoms with van der Waals surface area (Å²) in [6.07, 6.45) is -1.25. The number of carbonyl (C=O) groups is 4. The maximum atomic E-state index is 13.3. The van der Waals surface area contributed by atoms with Crippen molar-refractivity contribution in [1.29, 1.82) is 0 Å². The number of hydrogen-bond donors (Lipinski definition) is 0. The van der Waals surface area contributed by atoms with E-state index in [-0.39, 0.29) is 16.7 Å². The van der Waals surface area contributed by atoms with Crippen LogP contribution in [0.15, 0.2) is 91.0 Å². The van der Waals surface area contributed by atoms with E-state index in [9.17, 15) is 19.2 Å². The van der Waals surface area contributed by atoms with Crippen LogP contribution in [0.3, 0.4) is 0 Å². The van der Waals surface area contributed by atoms with E-state index >= 15 is 0 Å². The van der Waals surface area contributed by atoms with Gasteiger partial charge in [0.1, 0.15) is 0 Å². The van der Waals surface area contributed by atoms with E-state index in [2.05, 4.69) is 0 Å². The molecule has 0 spiro atoms. The SMILES string of the molecule is Cc1c(Cl)cccc1N1C(=O)c2ccc(C(=O)O[C@H](C(=O)c3ccccc3)c3ccc(Cl)cc3)cc2C1=O. The average Bonchev–Trinajstić information content (AvgIpc) is 3.18. The van der Waals surface area contributed by atoms with Crippen LogP contribution in [0.1, 0.15) is 58.7 Å². The van der Waals surface area contributed by atoms with E-state index in [4.69, 9.17) is 27.9 Å². The number of carbonyl (C=O) groups excluding carboxylic acids is 4. The number of esters is 1. The van der Waals surface area contributed by atoms with Crippen molar-refractivity contribution in [3.8, 4) is 0 Å². The molecule has 0 N–H and O–H groups in total. The Balaban J connectivity index is 1.46. The predicted molar refractivity (Wildman–Crippen MR) is 144 cm³/mol. The first-order chi connectivity index (χ1) is 18.3. The third-order valence-corrected chi connectivity index (χ3v) is 6.96. The molecule has 1 aliphatic heterocycles. The number of hydrogen-bond acceptors (Lipinski definition) is 5. The number of benzene rings is 4. The molecule has 0 aliphatic carbocycles. The summed E-state index contributed by atoms with van der Waals surface area (Å²) in [5, 5.41) is 0.881. The minimum atomic E-state index is -1.25. The number of fused-ring (bicyclic) bond motifs is 1. The summed E-state index contributed by atoms with van der Waals surface area (Å²) in [4.78, 5) is 53.9. The largest absolute Gasteiger partial charge is 0.445 e. The van der Waals surface area contributed by atoms with Gasteiger partial charge in [-0.05, 0) is 55.0 Å². The van der Waals surface area contributed by atoms with E-state index in [1.54, 1.807) is 79.7 Å². The molecular weight excluding hydrogens is 525 g/mol. The molecule has 0 saturated carbocycles. The first-order valence-electron chi connectivity index (χ1n) is 11.6. The molecule has 0 fully saturated rings. The molecule has 5 rings (SSSR count). The molecule has 1 heterocycles. The average molecular weight is 544 g/mol. The van der Waals surface area contributed by atoms with Gasteiger partial charge in [0.15, 0.2) is 6.10 Å². The molecule has 1 atom stereocenters. The number of rotatable bonds is 6. The van der Waals surface area contributed by atoms with Crippen LogP contribution < -0.4 is 4.90 Å². The van der Waals surface area contributed by atoms with Crippen molar-refractivity contribution in [1.82, 2.24) is 0 Å². The summed E-state index contributed by atoms with van der Waals surface area (Å²) in [6.45, 7) is 1.71. The van der Waals surface area contributed by atoms with Gasteiger partial charge < -0.3 is 4.74 Å². The highest BCUT2D eigenvalue weighted by Gasteiger charge is 2.38. The summed E-state index contributed by atoms with van der Waals surface area (Å²) >= 11 is 12.2. The molecule has 4 aromatic carbocycles. The normalized spacial score (nSPS) is 13.3. The van der Waals surface area contributed by atoms with Gasteiger partial charge in [-0.2, -0.15) is 0 Å². The third kappa shape index (κ3) is 4.60. The number of anilines is 1. The van der Waals surface area contributed by atoms with E-state index < -0.39 is 29.7 Å². The maximum absolute atomic E-state index is 13.3. The van der Waals surface area contributed by atoms with Gasteiger partial charge >= 0.3 is 5.97 Å². The highest BCUT2D eigenvalue weighted by atomic mass is 35.5. The van der Waals surface area contributed by atoms with E-state index in [1.807, 2.05) is 0 Å². The lowest BCUT2D eigenvalue weighted by Crippen LogP contribution is -2.30. The van der Waals surface area contributed by atoms with Gasteiger partial charge in [-0.15, -0.1) is 0 Å². The fourth-order valence-corrected chi connectivity index (χ4v) is 4.56. The second-order valence-corrected chi connectivity index (χ2v) is 9.50. The number of ether oxygens (including phenoxy) is 1. The lowest BCUT2D eigenvalue weighted by Gasteiger charge is -2.18. The van der Waals surface area contributed by atoms with Gasteiger partial charge in [0.2, 0.25) is 5.78 Å². The molecule has 2 amide bonds. The van der Waals surface area contributed by atoms with Crippen molar-refractivity contribution in [2.24, 2.45) is 0 Å². The molecule has 6 nitrogen and oxygen atoms in total. The number of nitrogens with zero attached hydrogens (tertiary/aromatic N) is 1. The second-order valence-electron chi connectivity index (χ2n) is 8.66. The Labute approximate surface area is 228 Å². The molecule has 4 aromatic rings. The highest BCUT2D eigenvalue weighted by molar-refractivity contribution is 6.36. The number of amides is 2. The Morgan fingerprint density at radius 2 is 1.45 bits per heavy atom. The van der Waals surface area contributed by atoms with Crippen LogP contribution in [0.5, 0.6) is 0 Å². The molecule has 1 aliphatic rings. The third-order valence-electron chi connectivity index (χ3n) is 6.30. The monoisotopic (exact) mass is 543 g/mol. The molecule has 0 unspecified atom stereocenters. The van der Waals surface area contributed by atoms with Crippen LogP contribution in [-0.4, -0.2) is 23.6 Å². The fourth-order valence-electron chi connectivity index (χ4n) is 4.26. The number of imide groups is 1. The van der Waals surface area contributed by atoms with Gasteiger partial charge in [-0.3, -0.25) is 14.4 Å². The number of ketones is 1. The first-order valence-corrected chi connectivity index (χ1v) is 12.4. The zero-order valence-electron chi connectivity index (χ0n) is 20.0. The quantitative estimate of drug-likeness (QED) is 0.150. The maximum Gasteiger partial charge on any atom is 0.339 e. The zero-order chi connectivity index (χ0) is 27.0. The summed E-state index contributed by atoms with van der Waals surface area (Å²) in [5.74, 6) is -2.35. The standard InChI is InChI=1S/C30H19Cl2NO5/c1-17-24(32)8-5-9-25(17)33-28(35)22-15-12-20(16-23(22)29(33)36)30(37)38-27(19-10-13-21(31)14-11-19)26(34)18-6-3-2-4-7-18/h2-16,27H,1H3/t27-/m0/s1. The van der Waals surface area contributed by atoms with Gasteiger partial charge in [0.05, 0.1) is 22.4 Å². The van der Waals surface area contributed by atoms with Crippen molar-refractivity contribution in [2.75, 3.05) is 4.90 Å². The van der Waals surface area contributed by atoms with Crippen LogP contribution in [-0.2, 0) is 4.74 Å². The van der Waals surface area contributed by atoms with Gasteiger partial charge in [0.25, 0.3) is 11.8 Å². The predicted octanol–water partition coefficient (Wildman–Crippen LogP) is 6.88. The lowest BCUT2D eigenvalue weighted by molar-refractivity contribution is 0.0280. The highest BCUT2D eigenvalue weighted by Crippen LogP contribution is 2.34. The molecule has 0 saturated heterocycles. The van der Waals surface area contributed by atoms with Crippen LogP contribution >= 0.6 is 23.2 Å². The Bertz CT molecular complexity index is 1600. The van der Waals surface area contributed by atoms with E-state index in [0.717, 1.165) is 4.90 Å². The molecule has 0 radical (unpaired) electrons. The van der Waals surface area contributed by atoms with Gasteiger partial charge in [0, 0.05) is 21.2 Å². The summed E-state index contributed by atoms with van der Waals surface area (Å²) in [7, 11) is 0. The minimum Gasteiger partial charge on any atom is -0.445 e. The lowest BCUT2D eigenvalue weighted by atomic mass is 9.99. The molecule has 0 bridgehead atoms. The smallest absolute Gasteiger partial charge is 0.339 e. The Kier molecular flexibility index (Phi) is 6.85. The van der Waals surface area contributed by atoms with Gasteiger partial charge in [-0.1, -0.05) is 71.7 Å². The summed E-state index contributed by atoms with van der Waals surface area (Å²) < 4.78 is 5.69. The zero-order valence-corrected chi connectivity index (χ0v) is 21.5. The Hall–Kier alpha value is -4.26. The molecule has 0 aromatic heterocycles. The van der Waals surface area contributed by atoms with Crippen molar-refractivity contribution in [3.63, 3.8) is 0 Å². The van der Waals surface area contributed by atoms with Crippen LogP contribution in [0, 0.1) is 6.92 Å². The van der Waals surface area contributed by atoms with Crippen LogP contribution in [0.2, 0.25) is 10.0 Å². The first kappa shape index (κ1) is 25.4. The minimum absolute atomic E-state index is 0.0226. The number of halogens is 2. The molecule has 38 heavy (non-hydrogen) atoms.